The molecule has 0 aliphatic heterocycles. The van der Waals surface area contributed by atoms with Gasteiger partial charge in [0.25, 0.3) is 0 Å². The molecule has 0 saturated heterocycles. The summed E-state index contributed by atoms with van der Waals surface area (Å²) in [4.78, 5) is 5.91. The number of nitrogens with zero attached hydrogens (tertiary/aromatic N) is 4. The molecule has 0 aliphatic rings. The number of rotatable bonds is 4. The Labute approximate surface area is 151 Å². The fourth-order valence-corrected chi connectivity index (χ4v) is 2.67. The highest BCUT2D eigenvalue weighted by molar-refractivity contribution is 7.80. The molecule has 0 saturated carbocycles. The molecule has 1 N–H and O–H groups in total. The van der Waals surface area contributed by atoms with Crippen LogP contribution in [0.5, 0.6) is 0 Å². The maximum Gasteiger partial charge on any atom is 0.173 e. The lowest BCUT2D eigenvalue weighted by atomic mass is 10.1. The molecule has 0 spiro atoms. The van der Waals surface area contributed by atoms with Gasteiger partial charge in [0.15, 0.2) is 5.11 Å². The van der Waals surface area contributed by atoms with Gasteiger partial charge in [-0.25, -0.2) is 14.1 Å². The van der Waals surface area contributed by atoms with E-state index in [0.717, 1.165) is 16.9 Å². The normalized spacial score (nSPS) is 11.8. The minimum absolute atomic E-state index is 0.0743. The van der Waals surface area contributed by atoms with Crippen molar-refractivity contribution in [2.24, 2.45) is 0 Å². The minimum Gasteiger partial charge on any atom is -0.345 e. The zero-order valence-electron chi connectivity index (χ0n) is 13.9. The highest BCUT2D eigenvalue weighted by Crippen LogP contribution is 2.21. The molecule has 1 atom stereocenters. The molecular formula is C18H18FN5S. The van der Waals surface area contributed by atoms with E-state index in [1.54, 1.807) is 23.1 Å². The number of hydrogen-bond acceptors (Lipinski definition) is 3. The van der Waals surface area contributed by atoms with E-state index >= 15 is 0 Å². The van der Waals surface area contributed by atoms with Crippen molar-refractivity contribution in [3.8, 4) is 5.69 Å². The highest BCUT2D eigenvalue weighted by Gasteiger charge is 2.15. The van der Waals surface area contributed by atoms with Gasteiger partial charge in [-0.3, -0.25) is 0 Å². The first-order valence-corrected chi connectivity index (χ1v) is 8.20. The number of hydrogen-bond donors (Lipinski definition) is 1. The molecule has 3 rings (SSSR count). The zero-order chi connectivity index (χ0) is 17.8. The molecule has 25 heavy (non-hydrogen) atoms. The molecule has 0 unspecified atom stereocenters. The van der Waals surface area contributed by atoms with Crippen molar-refractivity contribution in [1.29, 1.82) is 0 Å². The van der Waals surface area contributed by atoms with E-state index < -0.39 is 0 Å². The Hall–Kier alpha value is -2.80. The van der Waals surface area contributed by atoms with Gasteiger partial charge in [0, 0.05) is 12.7 Å². The largest absolute Gasteiger partial charge is 0.345 e. The van der Waals surface area contributed by atoms with Crippen LogP contribution in [0.4, 0.5) is 10.1 Å². The maximum atomic E-state index is 13.0. The summed E-state index contributed by atoms with van der Waals surface area (Å²) in [6, 6.07) is 14.3. The molecular weight excluding hydrogens is 337 g/mol. The maximum absolute atomic E-state index is 13.0. The molecule has 0 fully saturated rings. The average Bonchev–Trinajstić information content (AvgIpc) is 3.17. The van der Waals surface area contributed by atoms with Gasteiger partial charge in [-0.1, -0.05) is 12.1 Å². The topological polar surface area (TPSA) is 46.0 Å². The van der Waals surface area contributed by atoms with Crippen LogP contribution in [0.3, 0.4) is 0 Å². The van der Waals surface area contributed by atoms with Crippen molar-refractivity contribution in [2.75, 3.05) is 12.4 Å². The van der Waals surface area contributed by atoms with Crippen molar-refractivity contribution < 1.29 is 4.39 Å². The van der Waals surface area contributed by atoms with E-state index in [9.17, 15) is 4.39 Å². The van der Waals surface area contributed by atoms with Crippen LogP contribution in [0.2, 0.25) is 0 Å². The fourth-order valence-electron chi connectivity index (χ4n) is 2.39. The Balaban J connectivity index is 1.67. The van der Waals surface area contributed by atoms with E-state index in [-0.39, 0.29) is 11.9 Å². The summed E-state index contributed by atoms with van der Waals surface area (Å²) in [6.07, 6.45) is 3.16. The summed E-state index contributed by atoms with van der Waals surface area (Å²) < 4.78 is 14.7. The molecule has 128 valence electrons. The summed E-state index contributed by atoms with van der Waals surface area (Å²) in [5, 5.41) is 7.81. The molecule has 1 heterocycles. The fraction of sp³-hybridized carbons (Fsp3) is 0.167. The van der Waals surface area contributed by atoms with Crippen LogP contribution in [0.15, 0.2) is 61.2 Å². The summed E-state index contributed by atoms with van der Waals surface area (Å²) in [6.45, 7) is 2.07. The van der Waals surface area contributed by atoms with Crippen molar-refractivity contribution in [1.82, 2.24) is 19.7 Å². The quantitative estimate of drug-likeness (QED) is 0.722. The molecule has 3 aromatic rings. The average molecular weight is 355 g/mol. The van der Waals surface area contributed by atoms with E-state index in [1.165, 1.54) is 18.5 Å². The predicted octanol–water partition coefficient (Wildman–Crippen LogP) is 3.80. The third-order valence-corrected chi connectivity index (χ3v) is 4.45. The number of anilines is 1. The van der Waals surface area contributed by atoms with Crippen LogP contribution in [-0.2, 0) is 0 Å². The van der Waals surface area contributed by atoms with Crippen LogP contribution < -0.4 is 5.32 Å². The SMILES string of the molecule is C[C@@H](c1ccc(-n2cncn2)cc1)N(C)C(=S)Nc1ccc(F)cc1. The van der Waals surface area contributed by atoms with Gasteiger partial charge in [0.2, 0.25) is 0 Å². The molecule has 7 heteroatoms. The lowest BCUT2D eigenvalue weighted by Crippen LogP contribution is -2.33. The first kappa shape index (κ1) is 17.0. The van der Waals surface area contributed by atoms with E-state index in [2.05, 4.69) is 22.3 Å². The van der Waals surface area contributed by atoms with E-state index in [4.69, 9.17) is 12.2 Å². The first-order valence-electron chi connectivity index (χ1n) is 7.79. The van der Waals surface area contributed by atoms with Crippen LogP contribution >= 0.6 is 12.2 Å². The lowest BCUT2D eigenvalue weighted by Gasteiger charge is -2.28. The third-order valence-electron chi connectivity index (χ3n) is 4.06. The molecule has 2 aromatic carbocycles. The Morgan fingerprint density at radius 1 is 1.16 bits per heavy atom. The smallest absolute Gasteiger partial charge is 0.173 e. The highest BCUT2D eigenvalue weighted by atomic mass is 32.1. The van der Waals surface area contributed by atoms with Gasteiger partial charge in [0.1, 0.15) is 18.5 Å². The summed E-state index contributed by atoms with van der Waals surface area (Å²) in [7, 11) is 1.93. The molecule has 0 radical (unpaired) electrons. The van der Waals surface area contributed by atoms with Gasteiger partial charge in [-0.2, -0.15) is 5.10 Å². The van der Waals surface area contributed by atoms with Gasteiger partial charge in [-0.05, 0) is 61.1 Å². The molecule has 0 amide bonds. The van der Waals surface area contributed by atoms with Gasteiger partial charge in [0.05, 0.1) is 11.7 Å². The minimum atomic E-state index is -0.273. The monoisotopic (exact) mass is 355 g/mol. The Morgan fingerprint density at radius 2 is 1.84 bits per heavy atom. The number of benzene rings is 2. The second-order valence-electron chi connectivity index (χ2n) is 5.66. The third kappa shape index (κ3) is 4.00. The van der Waals surface area contributed by atoms with Crippen molar-refractivity contribution in [3.63, 3.8) is 0 Å². The van der Waals surface area contributed by atoms with E-state index in [0.29, 0.717) is 5.11 Å². The van der Waals surface area contributed by atoms with Crippen molar-refractivity contribution in [3.05, 3.63) is 72.6 Å². The number of thiocarbonyl (C=S) groups is 1. The number of nitrogens with one attached hydrogen (secondary N) is 1. The second kappa shape index (κ2) is 7.40. The van der Waals surface area contributed by atoms with Crippen LogP contribution in [0.1, 0.15) is 18.5 Å². The molecule has 5 nitrogen and oxygen atoms in total. The van der Waals surface area contributed by atoms with Crippen molar-refractivity contribution in [2.45, 2.75) is 13.0 Å². The van der Waals surface area contributed by atoms with Crippen molar-refractivity contribution >= 4 is 23.0 Å². The Kier molecular flexibility index (Phi) is 5.04. The Morgan fingerprint density at radius 3 is 2.44 bits per heavy atom. The standard InChI is InChI=1S/C18H18FN5S/c1-13(14-3-9-17(10-4-14)24-12-20-11-21-24)23(2)18(25)22-16-7-5-15(19)6-8-16/h3-13H,1-2H3,(H,22,25)/t13-/m0/s1. The predicted molar refractivity (Wildman–Crippen MR) is 100 cm³/mol. The number of halogens is 1. The first-order chi connectivity index (χ1) is 12.0. The summed E-state index contributed by atoms with van der Waals surface area (Å²) in [5.41, 5.74) is 2.82. The second-order valence-corrected chi connectivity index (χ2v) is 6.04. The lowest BCUT2D eigenvalue weighted by molar-refractivity contribution is 0.408. The van der Waals surface area contributed by atoms with Crippen LogP contribution in [-0.4, -0.2) is 31.8 Å². The van der Waals surface area contributed by atoms with Crippen LogP contribution in [0.25, 0.3) is 5.69 Å². The van der Waals surface area contributed by atoms with Gasteiger partial charge in [-0.15, -0.1) is 0 Å². The zero-order valence-corrected chi connectivity index (χ0v) is 14.7. The molecule has 1 aromatic heterocycles. The molecule has 0 aliphatic carbocycles. The van der Waals surface area contributed by atoms with E-state index in [1.807, 2.05) is 36.2 Å². The summed E-state index contributed by atoms with van der Waals surface area (Å²) >= 11 is 5.46. The Bertz CT molecular complexity index is 831. The molecule has 0 bridgehead atoms. The summed E-state index contributed by atoms with van der Waals surface area (Å²) in [5.74, 6) is -0.273. The number of aromatic nitrogens is 3. The van der Waals surface area contributed by atoms with Gasteiger partial charge >= 0.3 is 0 Å². The van der Waals surface area contributed by atoms with Crippen LogP contribution in [0, 0.1) is 5.82 Å². The van der Waals surface area contributed by atoms with Gasteiger partial charge < -0.3 is 10.2 Å².